The van der Waals surface area contributed by atoms with Crippen molar-refractivity contribution in [3.05, 3.63) is 43.3 Å². The van der Waals surface area contributed by atoms with Gasteiger partial charge in [0.25, 0.3) is 0 Å². The molecular formula is C9H13BIPW. The zero-order valence-corrected chi connectivity index (χ0v) is 13.9. The molecule has 0 aliphatic rings. The smallest absolute Gasteiger partial charge is 0.346 e. The molecule has 0 heterocycles. The van der Waals surface area contributed by atoms with Crippen LogP contribution in [0.2, 0.25) is 5.82 Å². The van der Waals surface area contributed by atoms with Gasteiger partial charge in [0.1, 0.15) is 0 Å². The molecule has 0 N–H and O–H groups in total. The summed E-state index contributed by atoms with van der Waals surface area (Å²) >= 11 is 2.33. The average Bonchev–Trinajstić information content (AvgIpc) is 2.08. The number of hydrogen-bond donors (Lipinski definition) is 0. The van der Waals surface area contributed by atoms with Crippen molar-refractivity contribution in [3.8, 4) is 0 Å². The molecule has 2 atom stereocenters. The standard InChI is InChI=1S/C6H5.C3H8BIP.W/c1-2-4-6-5-3-1;1-3(2)4(5)6;/h1-5H;3H,1,6H2,2H3;/q2*-1;+2. The average molecular weight is 474 g/mol. The zero-order chi connectivity index (χ0) is 9.40. The summed E-state index contributed by atoms with van der Waals surface area (Å²) in [6.45, 7) is 5.91. The van der Waals surface area contributed by atoms with E-state index >= 15 is 0 Å². The van der Waals surface area contributed by atoms with Crippen LogP contribution in [0.3, 0.4) is 0 Å². The molecule has 0 spiro atoms. The fourth-order valence-electron chi connectivity index (χ4n) is 0.342. The topological polar surface area (TPSA) is 0 Å². The van der Waals surface area contributed by atoms with Gasteiger partial charge in [-0.3, -0.25) is 0 Å². The third kappa shape index (κ3) is 13.1. The van der Waals surface area contributed by atoms with Gasteiger partial charge in [-0.2, -0.15) is 51.3 Å². The molecule has 0 saturated carbocycles. The molecule has 70 valence electrons. The Bertz CT molecular complexity index is 150. The second kappa shape index (κ2) is 11.2. The molecule has 0 nitrogen and oxygen atoms in total. The van der Waals surface area contributed by atoms with Crippen LogP contribution in [0.15, 0.2) is 30.3 Å². The van der Waals surface area contributed by atoms with Crippen molar-refractivity contribution in [2.45, 2.75) is 12.7 Å². The summed E-state index contributed by atoms with van der Waals surface area (Å²) in [4.78, 5) is 0. The van der Waals surface area contributed by atoms with Crippen LogP contribution in [0.5, 0.6) is 0 Å². The molecule has 0 aliphatic heterocycles. The normalized spacial score (nSPS) is 10.2. The first-order chi connectivity index (χ1) is 5.64. The van der Waals surface area contributed by atoms with Crippen LogP contribution in [0.25, 0.3) is 0 Å². The Morgan fingerprint density at radius 3 is 1.85 bits per heavy atom. The van der Waals surface area contributed by atoms with Crippen LogP contribution in [0.4, 0.5) is 0 Å². The first-order valence-electron chi connectivity index (χ1n) is 3.78. The summed E-state index contributed by atoms with van der Waals surface area (Å²) in [6, 6.07) is 12.5. The van der Waals surface area contributed by atoms with E-state index in [-0.39, 0.29) is 21.1 Å². The van der Waals surface area contributed by atoms with Crippen molar-refractivity contribution >= 4 is 35.8 Å². The fraction of sp³-hybridized carbons (Fsp3) is 0.222. The quantitative estimate of drug-likeness (QED) is 0.254. The Kier molecular flexibility index (Phi) is 14.3. The van der Waals surface area contributed by atoms with Gasteiger partial charge in [0.05, 0.1) is 0 Å². The van der Waals surface area contributed by atoms with E-state index in [0.717, 1.165) is 0 Å². The predicted octanol–water partition coefficient (Wildman–Crippen LogP) is 3.49. The second-order valence-corrected chi connectivity index (χ2v) is 6.01. The molecule has 2 unspecified atom stereocenters. The summed E-state index contributed by atoms with van der Waals surface area (Å²) in [6.07, 6.45) is 0. The minimum atomic E-state index is 0. The van der Waals surface area contributed by atoms with Crippen molar-refractivity contribution in [2.24, 2.45) is 0 Å². The minimum absolute atomic E-state index is 0. The third-order valence-corrected chi connectivity index (χ3v) is 3.04. The van der Waals surface area contributed by atoms with Crippen molar-refractivity contribution in [3.63, 3.8) is 0 Å². The molecule has 0 fully saturated rings. The van der Waals surface area contributed by atoms with E-state index in [1.165, 1.54) is 0 Å². The van der Waals surface area contributed by atoms with Crippen LogP contribution < -0.4 is 0 Å². The largest absolute Gasteiger partial charge is 2.00 e. The fourth-order valence-corrected chi connectivity index (χ4v) is 0.342. The first kappa shape index (κ1) is 16.6. The van der Waals surface area contributed by atoms with E-state index in [4.69, 9.17) is 0 Å². The molecule has 1 rings (SSSR count). The van der Waals surface area contributed by atoms with E-state index in [1.54, 1.807) is 0 Å². The SMILES string of the molecule is [CH2-]C(C)B(P)I.[W+2].[c-]1ccccc1. The number of rotatable bonds is 1. The van der Waals surface area contributed by atoms with E-state index in [2.05, 4.69) is 51.4 Å². The molecule has 0 radical (unpaired) electrons. The van der Waals surface area contributed by atoms with E-state index in [1.807, 2.05) is 30.3 Å². The number of hydrogen-bond acceptors (Lipinski definition) is 0. The van der Waals surface area contributed by atoms with E-state index in [0.29, 0.717) is 10.1 Å². The zero-order valence-electron chi connectivity index (χ0n) is 7.61. The van der Waals surface area contributed by atoms with Crippen LogP contribution >= 0.6 is 31.5 Å². The molecule has 0 amide bonds. The summed E-state index contributed by atoms with van der Waals surface area (Å²) in [5, 5.41) is 0. The monoisotopic (exact) mass is 474 g/mol. The Morgan fingerprint density at radius 2 is 1.77 bits per heavy atom. The van der Waals surface area contributed by atoms with Crippen LogP contribution in [0.1, 0.15) is 6.92 Å². The third-order valence-electron chi connectivity index (χ3n) is 1.15. The van der Waals surface area contributed by atoms with Crippen molar-refractivity contribution in [1.29, 1.82) is 0 Å². The predicted molar refractivity (Wildman–Crippen MR) is 69.5 cm³/mol. The molecule has 13 heavy (non-hydrogen) atoms. The van der Waals surface area contributed by atoms with Crippen LogP contribution in [0, 0.1) is 13.0 Å². The molecule has 0 bridgehead atoms. The van der Waals surface area contributed by atoms with Gasteiger partial charge in [0, 0.05) is 0 Å². The molecule has 1 aromatic rings. The minimum Gasteiger partial charge on any atom is -0.346 e. The Labute approximate surface area is 112 Å². The Balaban J connectivity index is 0. The van der Waals surface area contributed by atoms with Gasteiger partial charge in [-0.1, -0.05) is 6.92 Å². The summed E-state index contributed by atoms with van der Waals surface area (Å²) < 4.78 is 0.627. The number of benzene rings is 1. The molecule has 0 aliphatic carbocycles. The van der Waals surface area contributed by atoms with E-state index in [9.17, 15) is 0 Å². The van der Waals surface area contributed by atoms with Gasteiger partial charge in [-0.05, 0) is 0 Å². The Hall–Kier alpha value is 1.13. The maximum atomic E-state index is 3.81. The van der Waals surface area contributed by atoms with Crippen molar-refractivity contribution < 1.29 is 21.1 Å². The molecule has 0 aromatic heterocycles. The maximum Gasteiger partial charge on any atom is 2.00 e. The van der Waals surface area contributed by atoms with Crippen LogP contribution in [-0.4, -0.2) is 4.29 Å². The summed E-state index contributed by atoms with van der Waals surface area (Å²) in [5.74, 6) is 0.551. The van der Waals surface area contributed by atoms with E-state index < -0.39 is 0 Å². The van der Waals surface area contributed by atoms with Crippen molar-refractivity contribution in [1.82, 2.24) is 0 Å². The number of halogens is 1. The van der Waals surface area contributed by atoms with Gasteiger partial charge < -0.3 is 6.92 Å². The van der Waals surface area contributed by atoms with Gasteiger partial charge in [-0.25, -0.2) is 0 Å². The van der Waals surface area contributed by atoms with Gasteiger partial charge in [0.2, 0.25) is 4.29 Å². The second-order valence-electron chi connectivity index (χ2n) is 2.50. The molecule has 1 aromatic carbocycles. The molecular weight excluding hydrogens is 461 g/mol. The molecule has 4 heteroatoms. The summed E-state index contributed by atoms with van der Waals surface area (Å²) in [5.41, 5.74) is 0. The van der Waals surface area contributed by atoms with Gasteiger partial charge in [0.15, 0.2) is 0 Å². The first-order valence-corrected chi connectivity index (χ1v) is 5.69. The van der Waals surface area contributed by atoms with Gasteiger partial charge in [-0.15, -0.1) is 22.4 Å². The maximum absolute atomic E-state index is 3.81. The molecule has 0 saturated heterocycles. The Morgan fingerprint density at radius 1 is 1.38 bits per heavy atom. The van der Waals surface area contributed by atoms with Crippen molar-refractivity contribution in [2.75, 3.05) is 0 Å². The summed E-state index contributed by atoms with van der Waals surface area (Å²) in [7, 11) is 2.70. The van der Waals surface area contributed by atoms with Gasteiger partial charge >= 0.3 is 21.1 Å². The van der Waals surface area contributed by atoms with Crippen LogP contribution in [-0.2, 0) is 21.1 Å².